The number of Topliss-reactive ketones (excluding diaryl/α,β-unsaturated/α-hetero) is 1. The van der Waals surface area contributed by atoms with E-state index in [9.17, 15) is 14.7 Å². The number of amides is 1. The molecule has 4 aromatic rings. The van der Waals surface area contributed by atoms with Crippen LogP contribution in [0.4, 0.5) is 5.13 Å². The first kappa shape index (κ1) is 27.6. The van der Waals surface area contributed by atoms with Crippen molar-refractivity contribution in [2.45, 2.75) is 23.1 Å². The number of aliphatic hydroxyl groups is 1. The molecule has 12 heteroatoms. The third-order valence-electron chi connectivity index (χ3n) is 6.08. The average molecular weight is 595 g/mol. The Morgan fingerprint density at radius 1 is 1.07 bits per heavy atom. The lowest BCUT2D eigenvalue weighted by molar-refractivity contribution is -0.132. The number of nitrogens with zero attached hydrogens (tertiary/aromatic N) is 4. The molecule has 0 radical (unpaired) electrons. The normalized spacial score (nSPS) is 16.4. The summed E-state index contributed by atoms with van der Waals surface area (Å²) >= 11 is 8.61. The zero-order valence-electron chi connectivity index (χ0n) is 21.4. The van der Waals surface area contributed by atoms with Crippen LogP contribution in [0.25, 0.3) is 5.76 Å². The van der Waals surface area contributed by atoms with E-state index in [1.54, 1.807) is 30.3 Å². The Labute approximate surface area is 243 Å². The minimum absolute atomic E-state index is 0.0759. The maximum absolute atomic E-state index is 13.5. The highest BCUT2D eigenvalue weighted by molar-refractivity contribution is 8.00. The summed E-state index contributed by atoms with van der Waals surface area (Å²) < 4.78 is 11.8. The van der Waals surface area contributed by atoms with Crippen molar-refractivity contribution >= 4 is 57.3 Å². The Hall–Kier alpha value is -3.93. The van der Waals surface area contributed by atoms with E-state index in [0.29, 0.717) is 44.3 Å². The van der Waals surface area contributed by atoms with Gasteiger partial charge in [0.25, 0.3) is 5.78 Å². The van der Waals surface area contributed by atoms with Gasteiger partial charge in [-0.3, -0.25) is 19.5 Å². The van der Waals surface area contributed by atoms with E-state index in [4.69, 9.17) is 21.1 Å². The van der Waals surface area contributed by atoms with Crippen LogP contribution >= 0.6 is 34.7 Å². The summed E-state index contributed by atoms with van der Waals surface area (Å²) in [5, 5.41) is 20.6. The smallest absolute Gasteiger partial charge is 0.301 e. The Bertz CT molecular complexity index is 1580. The highest BCUT2D eigenvalue weighted by Gasteiger charge is 2.48. The first-order chi connectivity index (χ1) is 19.4. The predicted octanol–water partition coefficient (Wildman–Crippen LogP) is 5.91. The molecule has 5 rings (SSSR count). The number of aromatic nitrogens is 3. The van der Waals surface area contributed by atoms with Gasteiger partial charge in [-0.2, -0.15) is 0 Å². The van der Waals surface area contributed by atoms with Gasteiger partial charge in [0, 0.05) is 28.7 Å². The van der Waals surface area contributed by atoms with Crippen LogP contribution in [0.2, 0.25) is 5.02 Å². The number of carbonyl (C=O) groups is 2. The molecule has 1 atom stereocenters. The van der Waals surface area contributed by atoms with Crippen LogP contribution in [0.1, 0.15) is 29.7 Å². The first-order valence-electron chi connectivity index (χ1n) is 12.1. The van der Waals surface area contributed by atoms with Crippen molar-refractivity contribution < 1.29 is 24.2 Å². The molecule has 1 saturated heterocycles. The van der Waals surface area contributed by atoms with Crippen molar-refractivity contribution in [3.8, 4) is 11.5 Å². The van der Waals surface area contributed by atoms with Crippen molar-refractivity contribution in [2.24, 2.45) is 0 Å². The molecular formula is C28H23ClN4O5S2. The van der Waals surface area contributed by atoms with Gasteiger partial charge in [0.15, 0.2) is 15.8 Å². The van der Waals surface area contributed by atoms with Crippen molar-refractivity contribution in [3.63, 3.8) is 0 Å². The third kappa shape index (κ3) is 5.53. The molecule has 2 aromatic heterocycles. The van der Waals surface area contributed by atoms with Crippen LogP contribution in [0.3, 0.4) is 0 Å². The maximum atomic E-state index is 13.5. The van der Waals surface area contributed by atoms with Gasteiger partial charge in [-0.05, 0) is 54.4 Å². The standard InChI is InChI=1S/C28H23ClN4O5S2/c1-3-38-20-9-6-18(14-21(20)37-2)23-22(24(34)17-10-12-30-13-11-17)25(35)26(36)33(23)27-31-32-28(40-27)39-15-16-4-7-19(29)8-5-16/h4-14,23,34H,3,15H2,1-2H3/b24-22+. The highest BCUT2D eigenvalue weighted by Crippen LogP contribution is 2.45. The van der Waals surface area contributed by atoms with E-state index in [1.807, 2.05) is 31.2 Å². The number of anilines is 1. The maximum Gasteiger partial charge on any atom is 0.301 e. The molecule has 3 heterocycles. The number of pyridine rings is 1. The van der Waals surface area contributed by atoms with Gasteiger partial charge >= 0.3 is 5.91 Å². The molecular weight excluding hydrogens is 572 g/mol. The molecule has 40 heavy (non-hydrogen) atoms. The topological polar surface area (TPSA) is 115 Å². The Morgan fingerprint density at radius 3 is 2.52 bits per heavy atom. The number of benzene rings is 2. The van der Waals surface area contributed by atoms with Gasteiger partial charge in [-0.1, -0.05) is 52.9 Å². The van der Waals surface area contributed by atoms with Crippen molar-refractivity contribution in [3.05, 3.63) is 94.3 Å². The molecule has 0 saturated carbocycles. The van der Waals surface area contributed by atoms with Gasteiger partial charge in [-0.15, -0.1) is 10.2 Å². The number of hydrogen-bond donors (Lipinski definition) is 1. The number of hydrogen-bond acceptors (Lipinski definition) is 10. The van der Waals surface area contributed by atoms with E-state index in [1.165, 1.54) is 47.5 Å². The number of ketones is 1. The second-order valence-electron chi connectivity index (χ2n) is 8.51. The molecule has 1 amide bonds. The highest BCUT2D eigenvalue weighted by atomic mass is 35.5. The number of ether oxygens (including phenoxy) is 2. The molecule has 9 nitrogen and oxygen atoms in total. The summed E-state index contributed by atoms with van der Waals surface area (Å²) in [6, 6.07) is 14.7. The molecule has 0 spiro atoms. The molecule has 1 aliphatic rings. The van der Waals surface area contributed by atoms with Gasteiger partial charge in [0.05, 0.1) is 25.3 Å². The quantitative estimate of drug-likeness (QED) is 0.0829. The van der Waals surface area contributed by atoms with E-state index >= 15 is 0 Å². The lowest BCUT2D eigenvalue weighted by atomic mass is 9.95. The van der Waals surface area contributed by atoms with Crippen LogP contribution in [0.15, 0.2) is 76.9 Å². The monoisotopic (exact) mass is 594 g/mol. The van der Waals surface area contributed by atoms with E-state index < -0.39 is 17.7 Å². The van der Waals surface area contributed by atoms with Gasteiger partial charge in [0.1, 0.15) is 5.76 Å². The van der Waals surface area contributed by atoms with Gasteiger partial charge in [0.2, 0.25) is 5.13 Å². The molecule has 1 fully saturated rings. The molecule has 1 unspecified atom stereocenters. The molecule has 204 valence electrons. The summed E-state index contributed by atoms with van der Waals surface area (Å²) in [4.78, 5) is 32.1. The zero-order chi connectivity index (χ0) is 28.2. The summed E-state index contributed by atoms with van der Waals surface area (Å²) in [5.41, 5.74) is 1.85. The molecule has 1 N–H and O–H groups in total. The fourth-order valence-electron chi connectivity index (χ4n) is 4.22. The summed E-state index contributed by atoms with van der Waals surface area (Å²) in [5.74, 6) is -0.423. The SMILES string of the molecule is CCOc1ccc(C2/C(=C(\O)c3ccncc3)C(=O)C(=O)N2c2nnc(SCc3ccc(Cl)cc3)s2)cc1OC. The van der Waals surface area contributed by atoms with Gasteiger partial charge < -0.3 is 14.6 Å². The summed E-state index contributed by atoms with van der Waals surface area (Å²) in [6.07, 6.45) is 2.99. The fourth-order valence-corrected chi connectivity index (χ4v) is 6.17. The van der Waals surface area contributed by atoms with Crippen LogP contribution in [0.5, 0.6) is 11.5 Å². The Morgan fingerprint density at radius 2 is 1.82 bits per heavy atom. The van der Waals surface area contributed by atoms with Gasteiger partial charge in [-0.25, -0.2) is 0 Å². The number of halogens is 1. The van der Waals surface area contributed by atoms with Crippen molar-refractivity contribution in [1.82, 2.24) is 15.2 Å². The largest absolute Gasteiger partial charge is 0.507 e. The average Bonchev–Trinajstić information content (AvgIpc) is 3.55. The number of rotatable bonds is 9. The third-order valence-corrected chi connectivity index (χ3v) is 8.46. The minimum Gasteiger partial charge on any atom is -0.507 e. The second-order valence-corrected chi connectivity index (χ2v) is 11.1. The Kier molecular flexibility index (Phi) is 8.34. The van der Waals surface area contributed by atoms with Crippen molar-refractivity contribution in [1.29, 1.82) is 0 Å². The summed E-state index contributed by atoms with van der Waals surface area (Å²) in [7, 11) is 1.50. The van der Waals surface area contributed by atoms with Crippen LogP contribution in [-0.2, 0) is 15.3 Å². The molecule has 1 aliphatic heterocycles. The second kappa shape index (κ2) is 12.1. The van der Waals surface area contributed by atoms with Crippen LogP contribution in [-0.4, -0.2) is 45.7 Å². The number of methoxy groups -OCH3 is 1. The number of aliphatic hydroxyl groups excluding tert-OH is 1. The lowest BCUT2D eigenvalue weighted by Crippen LogP contribution is -2.29. The Balaban J connectivity index is 1.56. The summed E-state index contributed by atoms with van der Waals surface area (Å²) in [6.45, 7) is 2.28. The molecule has 0 aliphatic carbocycles. The van der Waals surface area contributed by atoms with E-state index in [-0.39, 0.29) is 16.5 Å². The first-order valence-corrected chi connectivity index (χ1v) is 14.3. The van der Waals surface area contributed by atoms with Crippen LogP contribution < -0.4 is 14.4 Å². The number of thioether (sulfide) groups is 1. The minimum atomic E-state index is -0.986. The molecule has 2 aromatic carbocycles. The number of carbonyl (C=O) groups excluding carboxylic acids is 2. The van der Waals surface area contributed by atoms with E-state index in [2.05, 4.69) is 15.2 Å². The van der Waals surface area contributed by atoms with Crippen LogP contribution in [0, 0.1) is 0 Å². The van der Waals surface area contributed by atoms with Crippen molar-refractivity contribution in [2.75, 3.05) is 18.6 Å². The predicted molar refractivity (Wildman–Crippen MR) is 154 cm³/mol. The lowest BCUT2D eigenvalue weighted by Gasteiger charge is -2.23. The fraction of sp³-hybridized carbons (Fsp3) is 0.179. The van der Waals surface area contributed by atoms with E-state index in [0.717, 1.165) is 5.56 Å². The zero-order valence-corrected chi connectivity index (χ0v) is 23.8. The molecule has 0 bridgehead atoms.